The van der Waals surface area contributed by atoms with Gasteiger partial charge < -0.3 is 36.4 Å². The zero-order valence-corrected chi connectivity index (χ0v) is 76.2. The number of hydrogen-bond acceptors (Lipinski definition) is 1. The van der Waals surface area contributed by atoms with E-state index in [2.05, 4.69) is 517 Å². The molecule has 0 spiro atoms. The minimum Gasteiger partial charge on any atom is -0.456 e. The van der Waals surface area contributed by atoms with Crippen LogP contribution < -0.4 is 4.90 Å². The molecule has 654 valence electrons. The van der Waals surface area contributed by atoms with E-state index in [1.54, 1.807) is 0 Å². The normalized spacial score (nSPS) is 12.9. The minimum absolute atomic E-state index is 0.829. The van der Waals surface area contributed by atoms with Crippen molar-refractivity contribution in [2.24, 2.45) is 0 Å². The Morgan fingerprint density at radius 1 is 0.135 bits per heavy atom. The largest absolute Gasteiger partial charge is 0.456 e. The molecule has 1 unspecified atom stereocenters. The zero-order valence-electron chi connectivity index (χ0n) is 76.2. The summed E-state index contributed by atoms with van der Waals surface area (Å²) in [7, 11) is 0. The Morgan fingerprint density at radius 3 is 0.801 bits per heavy atom. The highest BCUT2D eigenvalue weighted by atomic mass is 16.3. The summed E-state index contributed by atoms with van der Waals surface area (Å²) in [6.07, 6.45) is 0. The van der Waals surface area contributed by atoms with Crippen molar-refractivity contribution >= 4 is 192 Å². The standard InChI is InChI=1S/C132H80N8O/c1-2-28-89(29-3-1)133-127-63-54-87(75-109(127)110-77-93(56-64-128(110)133)137-121-48-19-10-39-103(121)106-72-84(51-60-124(106)137)81-25-22-30-90(69-81)134-115-42-13-4-33-97(115)98-34-5-14-43-116(98)134)88-55-67-131-113(76-88)114-80-96(59-68-132(114)141-131)140-129-65-57-94(138-122-49-20-11-40-104(122)107-73-85(52-61-125(107)138)82-26-23-31-91(70-82)135-117-44-15-6-35-99(117)100-36-7-16-45-118(100)135)78-111(129)112-79-95(58-66-130(112)140)139-123-50-21-12-41-105(123)108-74-86(53-62-126(108)139)83-27-24-32-92(71-83)136-119-46-17-8-37-101(119)102-38-9-18-47-120(102)136/h1-80H/p+1. The predicted molar refractivity (Wildman–Crippen MR) is 588 cm³/mol. The van der Waals surface area contributed by atoms with Crippen LogP contribution in [0.2, 0.25) is 0 Å². The summed E-state index contributed by atoms with van der Waals surface area (Å²) in [5.41, 5.74) is 40.9. The molecule has 9 nitrogen and oxygen atoms in total. The Hall–Kier alpha value is -18.8. The summed E-state index contributed by atoms with van der Waals surface area (Å²) < 4.78 is 24.0. The lowest BCUT2D eigenvalue weighted by Gasteiger charge is -2.15. The number of benzene rings is 22. The molecular formula is C132H81N8O+. The minimum atomic E-state index is 0.829. The van der Waals surface area contributed by atoms with Crippen molar-refractivity contribution in [2.75, 3.05) is 0 Å². The summed E-state index contributed by atoms with van der Waals surface area (Å²) in [6.45, 7) is 0. The molecule has 1 atom stereocenters. The molecule has 141 heavy (non-hydrogen) atoms. The van der Waals surface area contributed by atoms with Crippen molar-refractivity contribution in [3.8, 4) is 95.4 Å². The maximum Gasteiger partial charge on any atom is 0.149 e. The fourth-order valence-corrected chi connectivity index (χ4v) is 24.3. The number of para-hydroxylation sites is 10. The van der Waals surface area contributed by atoms with Crippen molar-refractivity contribution in [3.05, 3.63) is 485 Å². The van der Waals surface area contributed by atoms with Gasteiger partial charge in [0.1, 0.15) is 28.2 Å². The van der Waals surface area contributed by atoms with E-state index >= 15 is 0 Å². The molecule has 1 aliphatic rings. The third-order valence-corrected chi connectivity index (χ3v) is 30.5. The zero-order chi connectivity index (χ0) is 91.9. The number of fused-ring (bicyclic) bond motifs is 27. The summed E-state index contributed by atoms with van der Waals surface area (Å²) in [6, 6.07) is 181. The van der Waals surface area contributed by atoms with Gasteiger partial charge >= 0.3 is 0 Å². The van der Waals surface area contributed by atoms with Crippen LogP contribution in [-0.4, -0.2) is 32.0 Å². The number of nitrogens with one attached hydrogen (secondary N) is 1. The first-order valence-corrected chi connectivity index (χ1v) is 48.6. The molecule has 0 saturated carbocycles. The van der Waals surface area contributed by atoms with Gasteiger partial charge in [0.15, 0.2) is 0 Å². The van der Waals surface area contributed by atoms with E-state index in [9.17, 15) is 0 Å². The monoisotopic (exact) mass is 1790 g/mol. The summed E-state index contributed by atoms with van der Waals surface area (Å²) in [5.74, 6) is 0. The Bertz CT molecular complexity index is 10500. The van der Waals surface area contributed by atoms with Crippen LogP contribution in [-0.2, 0) is 0 Å². The summed E-state index contributed by atoms with van der Waals surface area (Å²) >= 11 is 0. The van der Waals surface area contributed by atoms with Crippen LogP contribution in [0.4, 0.5) is 17.1 Å². The van der Waals surface area contributed by atoms with E-state index < -0.39 is 0 Å². The van der Waals surface area contributed by atoms with Gasteiger partial charge in [0.25, 0.3) is 0 Å². The highest BCUT2D eigenvalue weighted by Gasteiger charge is 2.35. The van der Waals surface area contributed by atoms with Crippen LogP contribution in [0, 0.1) is 0 Å². The van der Waals surface area contributed by atoms with Crippen LogP contribution in [0.1, 0.15) is 0 Å². The van der Waals surface area contributed by atoms with E-state index in [4.69, 9.17) is 4.42 Å². The third kappa shape index (κ3) is 11.5. The van der Waals surface area contributed by atoms with E-state index in [0.29, 0.717) is 0 Å². The van der Waals surface area contributed by atoms with E-state index in [1.807, 2.05) is 0 Å². The maximum absolute atomic E-state index is 6.95. The smallest absolute Gasteiger partial charge is 0.149 e. The fraction of sp³-hybridized carbons (Fsp3) is 0. The maximum atomic E-state index is 6.95. The van der Waals surface area contributed by atoms with Gasteiger partial charge in [-0.2, -0.15) is 0 Å². The van der Waals surface area contributed by atoms with Gasteiger partial charge in [-0.25, -0.2) is 4.90 Å². The average Bonchev–Trinajstić information content (AvgIpc) is 1.56. The Balaban J connectivity index is 0.541. The molecule has 0 saturated heterocycles. The third-order valence-electron chi connectivity index (χ3n) is 30.5. The second-order valence-electron chi connectivity index (χ2n) is 38.0. The summed E-state index contributed by atoms with van der Waals surface area (Å²) in [5, 5.41) is 19.0. The topological polar surface area (TPSA) is 52.1 Å². The van der Waals surface area contributed by atoms with Gasteiger partial charge in [0.2, 0.25) is 0 Å². The molecule has 0 radical (unpaired) electrons. The quantitative estimate of drug-likeness (QED) is 0.130. The van der Waals surface area contributed by atoms with Crippen LogP contribution in [0.15, 0.2) is 490 Å². The lowest BCUT2D eigenvalue weighted by atomic mass is 9.98. The van der Waals surface area contributed by atoms with E-state index in [-0.39, 0.29) is 0 Å². The fourth-order valence-electron chi connectivity index (χ4n) is 24.3. The van der Waals surface area contributed by atoms with Crippen molar-refractivity contribution < 1.29 is 9.32 Å². The molecule has 31 rings (SSSR count). The molecule has 1 N–H and O–H groups in total. The Morgan fingerprint density at radius 2 is 0.383 bits per heavy atom. The number of quaternary nitrogens is 1. The Labute approximate surface area is 808 Å². The highest BCUT2D eigenvalue weighted by molar-refractivity contribution is 6.19. The van der Waals surface area contributed by atoms with Crippen LogP contribution in [0.3, 0.4) is 0 Å². The Kier molecular flexibility index (Phi) is 16.4. The van der Waals surface area contributed by atoms with Crippen LogP contribution in [0.5, 0.6) is 0 Å². The molecule has 22 aromatic carbocycles. The van der Waals surface area contributed by atoms with Crippen LogP contribution >= 0.6 is 0 Å². The number of furan rings is 1. The molecule has 0 fully saturated rings. The van der Waals surface area contributed by atoms with E-state index in [0.717, 1.165) is 145 Å². The molecule has 1 aliphatic heterocycles. The van der Waals surface area contributed by atoms with Gasteiger partial charge in [0, 0.05) is 156 Å². The van der Waals surface area contributed by atoms with Gasteiger partial charge in [-0.15, -0.1) is 0 Å². The number of nitrogens with zero attached hydrogens (tertiary/aromatic N) is 7. The molecule has 0 aliphatic carbocycles. The first-order chi connectivity index (χ1) is 69.9. The second kappa shape index (κ2) is 29.9. The second-order valence-corrected chi connectivity index (χ2v) is 38.0. The van der Waals surface area contributed by atoms with Crippen molar-refractivity contribution in [1.82, 2.24) is 32.0 Å². The molecule has 0 amide bonds. The SMILES string of the molecule is c1ccc(-n2c3ccc(-c4ccc5oc6ccc(-n7c8ccc(-n9c%10ccccc%10c%10cc(-c%11cccc(-n%12c%13ccccc%13c%13ccccc%13%12)c%11)ccc%109)cc8c8cc([NH+]9c%10ccccc%10-c%10cc(-c%11cccc(-n%12c%13ccccc%13c%13ccccc%13%12)c%11)ccc%109)ccc87)cc6c5c4)cc3c3cc(-n4c5ccccc5c5cc(-c6cccc(-n7c8ccccc8c8ccccc87)c6)ccc54)ccc32)cc1. The molecule has 9 heteroatoms. The molecule has 9 heterocycles. The van der Waals surface area contributed by atoms with Gasteiger partial charge in [-0.05, 0) is 269 Å². The molecule has 30 aromatic rings. The van der Waals surface area contributed by atoms with Crippen molar-refractivity contribution in [2.45, 2.75) is 0 Å². The average molecular weight is 1800 g/mol. The number of hydrogen-bond donors (Lipinski definition) is 1. The summed E-state index contributed by atoms with van der Waals surface area (Å²) in [4.78, 5) is 1.22. The van der Waals surface area contributed by atoms with Crippen LogP contribution in [0.25, 0.3) is 270 Å². The van der Waals surface area contributed by atoms with E-state index in [1.165, 1.54) is 147 Å². The highest BCUT2D eigenvalue weighted by Crippen LogP contribution is 2.49. The lowest BCUT2D eigenvalue weighted by molar-refractivity contribution is -0.677. The number of rotatable bonds is 12. The first-order valence-electron chi connectivity index (χ1n) is 48.6. The van der Waals surface area contributed by atoms with Gasteiger partial charge in [-0.1, -0.05) is 237 Å². The molecule has 0 bridgehead atoms. The molecule has 8 aromatic heterocycles. The van der Waals surface area contributed by atoms with Crippen molar-refractivity contribution in [1.29, 1.82) is 0 Å². The first kappa shape index (κ1) is 77.5. The molecular weight excluding hydrogens is 1710 g/mol. The van der Waals surface area contributed by atoms with Gasteiger partial charge in [0.05, 0.1) is 82.8 Å². The predicted octanol–water partition coefficient (Wildman–Crippen LogP) is 34.1. The lowest BCUT2D eigenvalue weighted by Crippen LogP contribution is -2.95. The number of aromatic nitrogens is 7. The van der Waals surface area contributed by atoms with Crippen molar-refractivity contribution in [3.63, 3.8) is 0 Å². The van der Waals surface area contributed by atoms with Gasteiger partial charge in [-0.3, -0.25) is 0 Å².